The maximum absolute atomic E-state index is 13.3. The zero-order valence-electron chi connectivity index (χ0n) is 16.6. The molecule has 2 saturated heterocycles. The Labute approximate surface area is 177 Å². The van der Waals surface area contributed by atoms with Gasteiger partial charge in [0.05, 0.1) is 18.8 Å². The first kappa shape index (κ1) is 21.2. The molecule has 2 heterocycles. The fourth-order valence-corrected chi connectivity index (χ4v) is 3.87. The molecule has 2 aromatic rings. The van der Waals surface area contributed by atoms with Gasteiger partial charge in [0.2, 0.25) is 0 Å². The Balaban J connectivity index is 1.39. The second-order valence-corrected chi connectivity index (χ2v) is 7.58. The number of carbonyl (C=O) groups excluding carboxylic acids is 2. The topological polar surface area (TPSA) is 88.1 Å². The van der Waals surface area contributed by atoms with Gasteiger partial charge >= 0.3 is 0 Å². The number of halogens is 2. The minimum absolute atomic E-state index is 0.113. The van der Waals surface area contributed by atoms with Gasteiger partial charge in [-0.25, -0.2) is 8.78 Å². The van der Waals surface area contributed by atoms with E-state index < -0.39 is 17.5 Å². The molecule has 7 nitrogen and oxygen atoms in total. The molecule has 4 rings (SSSR count). The van der Waals surface area contributed by atoms with Crippen molar-refractivity contribution in [2.24, 2.45) is 5.92 Å². The average molecular weight is 432 g/mol. The third kappa shape index (κ3) is 4.83. The van der Waals surface area contributed by atoms with Crippen molar-refractivity contribution in [3.63, 3.8) is 0 Å². The van der Waals surface area contributed by atoms with Crippen LogP contribution < -0.4 is 5.32 Å². The minimum Gasteiger partial charge on any atom is -0.507 e. The number of carbonyl (C=O) groups is 2. The summed E-state index contributed by atoms with van der Waals surface area (Å²) in [6, 6.07) is 6.57. The smallest absolute Gasteiger partial charge is 0.257 e. The number of nitrogens with zero attached hydrogens (tertiary/aromatic N) is 1. The number of ether oxygens (including phenoxy) is 2. The summed E-state index contributed by atoms with van der Waals surface area (Å²) in [5, 5.41) is 12.8. The number of likely N-dealkylation sites (tertiary alicyclic amines) is 1. The Bertz CT molecular complexity index is 966. The molecule has 0 unspecified atom stereocenters. The molecule has 0 aromatic heterocycles. The lowest BCUT2D eigenvalue weighted by Crippen LogP contribution is -2.41. The summed E-state index contributed by atoms with van der Waals surface area (Å²) >= 11 is 0. The number of phenols is 1. The predicted molar refractivity (Wildman–Crippen MR) is 107 cm³/mol. The lowest BCUT2D eigenvalue weighted by Gasteiger charge is -2.34. The van der Waals surface area contributed by atoms with Gasteiger partial charge in [0, 0.05) is 42.4 Å². The second kappa shape index (κ2) is 8.99. The number of anilines is 1. The van der Waals surface area contributed by atoms with Gasteiger partial charge in [0.25, 0.3) is 11.8 Å². The minimum atomic E-state index is -0.872. The van der Waals surface area contributed by atoms with Crippen molar-refractivity contribution in [3.05, 3.63) is 59.2 Å². The van der Waals surface area contributed by atoms with Crippen molar-refractivity contribution in [1.29, 1.82) is 0 Å². The zero-order valence-corrected chi connectivity index (χ0v) is 16.6. The van der Waals surface area contributed by atoms with Crippen molar-refractivity contribution in [2.75, 3.05) is 31.6 Å². The molecular weight excluding hydrogens is 410 g/mol. The van der Waals surface area contributed by atoms with Gasteiger partial charge in [0.1, 0.15) is 17.4 Å². The molecule has 9 heteroatoms. The van der Waals surface area contributed by atoms with Crippen molar-refractivity contribution < 1.29 is 33.0 Å². The fourth-order valence-electron chi connectivity index (χ4n) is 3.87. The van der Waals surface area contributed by atoms with E-state index in [2.05, 4.69) is 5.32 Å². The number of benzene rings is 2. The molecule has 2 N–H and O–H groups in total. The van der Waals surface area contributed by atoms with Crippen LogP contribution >= 0.6 is 0 Å². The van der Waals surface area contributed by atoms with Crippen LogP contribution in [-0.4, -0.2) is 54.4 Å². The quantitative estimate of drug-likeness (QED) is 0.775. The van der Waals surface area contributed by atoms with E-state index in [9.17, 15) is 23.5 Å². The first-order chi connectivity index (χ1) is 14.9. The second-order valence-electron chi connectivity index (χ2n) is 7.58. The zero-order chi connectivity index (χ0) is 22.0. The summed E-state index contributed by atoms with van der Waals surface area (Å²) in [4.78, 5) is 26.7. The van der Waals surface area contributed by atoms with Crippen LogP contribution in [0, 0.1) is 17.6 Å². The maximum Gasteiger partial charge on any atom is 0.257 e. The first-order valence-corrected chi connectivity index (χ1v) is 10.0. The highest BCUT2D eigenvalue weighted by Crippen LogP contribution is 2.29. The van der Waals surface area contributed by atoms with Crippen molar-refractivity contribution in [1.82, 2.24) is 4.90 Å². The van der Waals surface area contributed by atoms with E-state index in [0.29, 0.717) is 32.4 Å². The molecule has 2 aromatic carbocycles. The summed E-state index contributed by atoms with van der Waals surface area (Å²) in [5.74, 6) is -2.85. The molecule has 2 amide bonds. The van der Waals surface area contributed by atoms with Crippen LogP contribution in [0.4, 0.5) is 14.5 Å². The molecule has 0 atom stereocenters. The van der Waals surface area contributed by atoms with Gasteiger partial charge in [-0.2, -0.15) is 0 Å². The number of nitrogens with one attached hydrogen (secondary N) is 1. The third-order valence-corrected chi connectivity index (χ3v) is 5.47. The third-order valence-electron chi connectivity index (χ3n) is 5.47. The molecule has 2 aliphatic rings. The molecule has 0 aliphatic carbocycles. The van der Waals surface area contributed by atoms with E-state index in [1.54, 1.807) is 4.90 Å². The summed E-state index contributed by atoms with van der Waals surface area (Å²) < 4.78 is 37.7. The van der Waals surface area contributed by atoms with Crippen LogP contribution in [0.15, 0.2) is 36.4 Å². The highest BCUT2D eigenvalue weighted by atomic mass is 19.1. The molecule has 0 bridgehead atoms. The fraction of sp³-hybridized carbons (Fsp3) is 0.364. The number of hydrogen-bond donors (Lipinski definition) is 2. The molecule has 2 aliphatic heterocycles. The van der Waals surface area contributed by atoms with Gasteiger partial charge in [-0.15, -0.1) is 0 Å². The molecule has 31 heavy (non-hydrogen) atoms. The van der Waals surface area contributed by atoms with Crippen molar-refractivity contribution in [2.45, 2.75) is 19.1 Å². The van der Waals surface area contributed by atoms with Gasteiger partial charge in [0.15, 0.2) is 6.29 Å². The Morgan fingerprint density at radius 1 is 1.00 bits per heavy atom. The van der Waals surface area contributed by atoms with Gasteiger partial charge in [-0.05, 0) is 37.1 Å². The summed E-state index contributed by atoms with van der Waals surface area (Å²) in [7, 11) is 0. The highest BCUT2D eigenvalue weighted by molar-refractivity contribution is 6.05. The summed E-state index contributed by atoms with van der Waals surface area (Å²) in [6.45, 7) is 2.23. The van der Waals surface area contributed by atoms with E-state index in [-0.39, 0.29) is 40.7 Å². The van der Waals surface area contributed by atoms with Crippen LogP contribution in [-0.2, 0) is 9.47 Å². The van der Waals surface area contributed by atoms with Crippen LogP contribution in [0.3, 0.4) is 0 Å². The molecular formula is C22H22F2N2O5. The van der Waals surface area contributed by atoms with E-state index in [1.807, 2.05) is 0 Å². The molecule has 0 saturated carbocycles. The van der Waals surface area contributed by atoms with E-state index in [4.69, 9.17) is 9.47 Å². The number of rotatable bonds is 4. The molecule has 0 radical (unpaired) electrons. The summed E-state index contributed by atoms with van der Waals surface area (Å²) in [5.41, 5.74) is 0.106. The van der Waals surface area contributed by atoms with Crippen molar-refractivity contribution >= 4 is 17.5 Å². The highest BCUT2D eigenvalue weighted by Gasteiger charge is 2.32. The summed E-state index contributed by atoms with van der Waals surface area (Å²) in [6.07, 6.45) is 1.28. The molecule has 2 fully saturated rings. The lowest BCUT2D eigenvalue weighted by molar-refractivity contribution is -0.0956. The van der Waals surface area contributed by atoms with E-state index >= 15 is 0 Å². The monoisotopic (exact) mass is 432 g/mol. The van der Waals surface area contributed by atoms with E-state index in [0.717, 1.165) is 25.0 Å². The lowest BCUT2D eigenvalue weighted by atomic mass is 9.95. The van der Waals surface area contributed by atoms with Gasteiger partial charge in [-0.3, -0.25) is 9.59 Å². The number of aromatic hydroxyl groups is 1. The van der Waals surface area contributed by atoms with Crippen LogP contribution in [0.25, 0.3) is 0 Å². The Hall–Kier alpha value is -3.04. The van der Waals surface area contributed by atoms with Crippen LogP contribution in [0.5, 0.6) is 5.75 Å². The standard InChI is InChI=1S/C22H22F2N2O5/c23-15-9-14(10-16(24)11-15)20(28)25-17-1-2-18(19(27)12-17)21(29)26-5-3-13(4-6-26)22-30-7-8-31-22/h1-2,9-13,22,27H,3-8H2,(H,25,28). The number of amides is 2. The number of hydrogen-bond acceptors (Lipinski definition) is 5. The Morgan fingerprint density at radius 2 is 1.65 bits per heavy atom. The van der Waals surface area contributed by atoms with Crippen LogP contribution in [0.1, 0.15) is 33.6 Å². The van der Waals surface area contributed by atoms with Gasteiger partial charge < -0.3 is 24.8 Å². The van der Waals surface area contributed by atoms with Gasteiger partial charge in [-0.1, -0.05) is 0 Å². The van der Waals surface area contributed by atoms with Crippen LogP contribution in [0.2, 0.25) is 0 Å². The maximum atomic E-state index is 13.3. The molecule has 164 valence electrons. The largest absolute Gasteiger partial charge is 0.507 e. The molecule has 0 spiro atoms. The number of phenolic OH excluding ortho intramolecular Hbond substituents is 1. The first-order valence-electron chi connectivity index (χ1n) is 10.0. The predicted octanol–water partition coefficient (Wildman–Crippen LogP) is 3.15. The number of piperidine rings is 1. The average Bonchev–Trinajstić information content (AvgIpc) is 3.28. The van der Waals surface area contributed by atoms with Crippen molar-refractivity contribution in [3.8, 4) is 5.75 Å². The Morgan fingerprint density at radius 3 is 2.26 bits per heavy atom. The van der Waals surface area contributed by atoms with E-state index in [1.165, 1.54) is 18.2 Å². The normalized spacial score (nSPS) is 17.7. The Kier molecular flexibility index (Phi) is 6.15. The SMILES string of the molecule is O=C(Nc1ccc(C(=O)N2CCC(C3OCCO3)CC2)c(O)c1)c1cc(F)cc(F)c1.